The molecule has 1 N–H and O–H groups in total. The first kappa shape index (κ1) is 21.0. The van der Waals surface area contributed by atoms with Crippen LogP contribution in [-0.4, -0.2) is 26.0 Å². The van der Waals surface area contributed by atoms with Gasteiger partial charge in [-0.15, -0.1) is 0 Å². The lowest BCUT2D eigenvalue weighted by molar-refractivity contribution is -0.120. The van der Waals surface area contributed by atoms with E-state index in [-0.39, 0.29) is 17.0 Å². The third-order valence-corrected chi connectivity index (χ3v) is 4.95. The highest BCUT2D eigenvalue weighted by Crippen LogP contribution is 2.37. The molecule has 0 spiro atoms. The van der Waals surface area contributed by atoms with Crippen LogP contribution in [0.15, 0.2) is 72.4 Å². The lowest BCUT2D eigenvalue weighted by Gasteiger charge is -2.16. The summed E-state index contributed by atoms with van der Waals surface area (Å²) in [4.78, 5) is 27.6. The molecule has 0 aromatic heterocycles. The van der Waals surface area contributed by atoms with Crippen LogP contribution in [0.2, 0.25) is 0 Å². The van der Waals surface area contributed by atoms with E-state index in [1.807, 2.05) is 0 Å². The zero-order valence-electron chi connectivity index (χ0n) is 17.2. The number of nitrogens with zero attached hydrogens (tertiary/aromatic N) is 1. The molecule has 3 aromatic rings. The largest absolute Gasteiger partial charge is 0.497 e. The number of ether oxygens (including phenoxy) is 2. The number of anilines is 2. The average molecular weight is 436 g/mol. The summed E-state index contributed by atoms with van der Waals surface area (Å²) in [5.41, 5.74) is 0.743. The Morgan fingerprint density at radius 2 is 1.56 bits per heavy atom. The number of hydrogen-bond acceptors (Lipinski definition) is 5. The summed E-state index contributed by atoms with van der Waals surface area (Å²) in [7, 11) is 2.95. The van der Waals surface area contributed by atoms with E-state index in [2.05, 4.69) is 5.32 Å². The Morgan fingerprint density at radius 3 is 2.22 bits per heavy atom. The van der Waals surface area contributed by atoms with E-state index in [9.17, 15) is 18.4 Å². The van der Waals surface area contributed by atoms with Gasteiger partial charge < -0.3 is 14.8 Å². The molecule has 0 unspecified atom stereocenters. The molecule has 1 heterocycles. The molecule has 8 heteroatoms. The van der Waals surface area contributed by atoms with E-state index in [0.717, 1.165) is 11.0 Å². The predicted octanol–water partition coefficient (Wildman–Crippen LogP) is 4.38. The average Bonchev–Trinajstić information content (AvgIpc) is 3.03. The Labute approximate surface area is 182 Å². The SMILES string of the molecule is COc1ccc(OC)c(NC2=C(c3ccc(F)cc3)C(=O)N(c3cccc(F)c3)C2=O)c1. The topological polar surface area (TPSA) is 67.9 Å². The van der Waals surface area contributed by atoms with E-state index >= 15 is 0 Å². The minimum Gasteiger partial charge on any atom is -0.497 e. The van der Waals surface area contributed by atoms with Crippen molar-refractivity contribution in [1.82, 2.24) is 0 Å². The van der Waals surface area contributed by atoms with Crippen LogP contribution in [0.4, 0.5) is 20.2 Å². The van der Waals surface area contributed by atoms with E-state index in [1.165, 1.54) is 56.7 Å². The third-order valence-electron chi connectivity index (χ3n) is 4.95. The number of carbonyl (C=O) groups excluding carboxylic acids is 2. The normalized spacial score (nSPS) is 13.6. The van der Waals surface area contributed by atoms with Crippen molar-refractivity contribution in [3.05, 3.63) is 89.6 Å². The molecule has 0 saturated carbocycles. The quantitative estimate of drug-likeness (QED) is 0.581. The van der Waals surface area contributed by atoms with Crippen molar-refractivity contribution < 1.29 is 27.8 Å². The first-order valence-corrected chi connectivity index (χ1v) is 9.56. The Kier molecular flexibility index (Phi) is 5.59. The lowest BCUT2D eigenvalue weighted by Crippen LogP contribution is -2.32. The highest BCUT2D eigenvalue weighted by Gasteiger charge is 2.40. The van der Waals surface area contributed by atoms with Crippen LogP contribution in [0.3, 0.4) is 0 Å². The number of carbonyl (C=O) groups is 2. The van der Waals surface area contributed by atoms with Gasteiger partial charge in [-0.25, -0.2) is 13.7 Å². The summed E-state index contributed by atoms with van der Waals surface area (Å²) in [6.07, 6.45) is 0. The first-order valence-electron chi connectivity index (χ1n) is 9.56. The lowest BCUT2D eigenvalue weighted by atomic mass is 10.0. The fourth-order valence-electron chi connectivity index (χ4n) is 3.43. The minimum atomic E-state index is -0.690. The van der Waals surface area contributed by atoms with E-state index < -0.39 is 23.4 Å². The smallest absolute Gasteiger partial charge is 0.282 e. The number of amides is 2. The maximum Gasteiger partial charge on any atom is 0.282 e. The molecule has 32 heavy (non-hydrogen) atoms. The maximum absolute atomic E-state index is 13.8. The second kappa shape index (κ2) is 8.50. The second-order valence-electron chi connectivity index (χ2n) is 6.87. The number of imide groups is 1. The number of rotatable bonds is 6. The molecule has 162 valence electrons. The fourth-order valence-corrected chi connectivity index (χ4v) is 3.43. The van der Waals surface area contributed by atoms with Gasteiger partial charge in [0.1, 0.15) is 28.8 Å². The van der Waals surface area contributed by atoms with Crippen molar-refractivity contribution >= 4 is 28.8 Å². The zero-order chi connectivity index (χ0) is 22.8. The van der Waals surface area contributed by atoms with Gasteiger partial charge >= 0.3 is 0 Å². The minimum absolute atomic E-state index is 0.0177. The molecule has 6 nitrogen and oxygen atoms in total. The zero-order valence-corrected chi connectivity index (χ0v) is 17.2. The van der Waals surface area contributed by atoms with Crippen molar-refractivity contribution in [2.75, 3.05) is 24.4 Å². The van der Waals surface area contributed by atoms with E-state index in [0.29, 0.717) is 22.7 Å². The van der Waals surface area contributed by atoms with Crippen LogP contribution >= 0.6 is 0 Å². The fraction of sp³-hybridized carbons (Fsp3) is 0.0833. The number of methoxy groups -OCH3 is 2. The molecule has 1 aliphatic heterocycles. The Balaban J connectivity index is 1.86. The van der Waals surface area contributed by atoms with Gasteiger partial charge in [-0.05, 0) is 48.0 Å². The molecule has 4 rings (SSSR count). The van der Waals surface area contributed by atoms with Crippen molar-refractivity contribution in [1.29, 1.82) is 0 Å². The Morgan fingerprint density at radius 1 is 0.812 bits per heavy atom. The van der Waals surface area contributed by atoms with Gasteiger partial charge in [-0.3, -0.25) is 9.59 Å². The van der Waals surface area contributed by atoms with E-state index in [1.54, 1.807) is 18.2 Å². The Bertz CT molecular complexity index is 1240. The monoisotopic (exact) mass is 436 g/mol. The summed E-state index contributed by atoms with van der Waals surface area (Å²) < 4.78 is 37.9. The van der Waals surface area contributed by atoms with Crippen LogP contribution < -0.4 is 19.7 Å². The van der Waals surface area contributed by atoms with Crippen LogP contribution in [0.25, 0.3) is 5.57 Å². The summed E-state index contributed by atoms with van der Waals surface area (Å²) in [5.74, 6) is -1.54. The molecular formula is C24H18F2N2O4. The van der Waals surface area contributed by atoms with Crippen molar-refractivity contribution in [2.45, 2.75) is 0 Å². The Hall–Kier alpha value is -4.20. The standard InChI is InChI=1S/C24H18F2N2O4/c1-31-18-10-11-20(32-2)19(13-18)27-22-21(14-6-8-15(25)9-7-14)23(29)28(24(22)30)17-5-3-4-16(26)12-17/h3-13,27H,1-2H3. The highest BCUT2D eigenvalue weighted by molar-refractivity contribution is 6.46. The predicted molar refractivity (Wildman–Crippen MR) is 115 cm³/mol. The number of benzene rings is 3. The molecule has 1 aliphatic rings. The number of nitrogens with one attached hydrogen (secondary N) is 1. The van der Waals surface area contributed by atoms with Crippen LogP contribution in [0, 0.1) is 11.6 Å². The number of hydrogen-bond donors (Lipinski definition) is 1. The summed E-state index contributed by atoms with van der Waals surface area (Å²) in [5, 5.41) is 2.97. The molecule has 0 saturated heterocycles. The van der Waals surface area contributed by atoms with Crippen molar-refractivity contribution in [3.8, 4) is 11.5 Å². The van der Waals surface area contributed by atoms with Gasteiger partial charge in [0, 0.05) is 6.07 Å². The van der Waals surface area contributed by atoms with E-state index in [4.69, 9.17) is 9.47 Å². The molecule has 0 atom stereocenters. The number of halogens is 2. The molecule has 0 bridgehead atoms. The van der Waals surface area contributed by atoms with Crippen LogP contribution in [0.1, 0.15) is 5.56 Å². The highest BCUT2D eigenvalue weighted by atomic mass is 19.1. The molecule has 0 aliphatic carbocycles. The molecule has 0 radical (unpaired) electrons. The maximum atomic E-state index is 13.8. The van der Waals surface area contributed by atoms with Gasteiger partial charge in [0.25, 0.3) is 11.8 Å². The molecule has 2 amide bonds. The van der Waals surface area contributed by atoms with Crippen molar-refractivity contribution in [2.24, 2.45) is 0 Å². The summed E-state index contributed by atoms with van der Waals surface area (Å²) >= 11 is 0. The van der Waals surface area contributed by atoms with Gasteiger partial charge in [0.05, 0.1) is 31.2 Å². The van der Waals surface area contributed by atoms with Gasteiger partial charge in [-0.2, -0.15) is 0 Å². The van der Waals surface area contributed by atoms with Crippen molar-refractivity contribution in [3.63, 3.8) is 0 Å². The molecule has 3 aromatic carbocycles. The van der Waals surface area contributed by atoms with Gasteiger partial charge in [0.15, 0.2) is 0 Å². The third kappa shape index (κ3) is 3.78. The first-order chi connectivity index (χ1) is 15.4. The van der Waals surface area contributed by atoms with Gasteiger partial charge in [0.2, 0.25) is 0 Å². The molecule has 0 fully saturated rings. The molecular weight excluding hydrogens is 418 g/mol. The van der Waals surface area contributed by atoms with Crippen LogP contribution in [-0.2, 0) is 9.59 Å². The second-order valence-corrected chi connectivity index (χ2v) is 6.87. The summed E-state index contributed by atoms with van der Waals surface area (Å²) in [6, 6.07) is 15.3. The van der Waals surface area contributed by atoms with Gasteiger partial charge in [-0.1, -0.05) is 18.2 Å². The summed E-state index contributed by atoms with van der Waals surface area (Å²) in [6.45, 7) is 0. The van der Waals surface area contributed by atoms with Crippen LogP contribution in [0.5, 0.6) is 11.5 Å².